The summed E-state index contributed by atoms with van der Waals surface area (Å²) in [5.41, 5.74) is -1.41. The molecule has 0 bridgehead atoms. The van der Waals surface area contributed by atoms with Gasteiger partial charge in [0, 0.05) is 11.8 Å². The molecule has 7 nitrogen and oxygen atoms in total. The summed E-state index contributed by atoms with van der Waals surface area (Å²) in [6.45, 7) is 1.53. The molecule has 0 aliphatic heterocycles. The Balaban J connectivity index is 1.84. The third-order valence-corrected chi connectivity index (χ3v) is 3.89. The molecule has 0 spiro atoms. The lowest BCUT2D eigenvalue weighted by molar-refractivity contribution is -0.137. The zero-order chi connectivity index (χ0) is 21.2. The van der Waals surface area contributed by atoms with Crippen molar-refractivity contribution in [1.82, 2.24) is 25.1 Å². The molecule has 2 aromatic heterocycles. The van der Waals surface area contributed by atoms with Crippen molar-refractivity contribution in [3.63, 3.8) is 0 Å². The molecule has 0 saturated heterocycles. The number of carbonyl (C=O) groups excluding carboxylic acids is 1. The summed E-state index contributed by atoms with van der Waals surface area (Å²) < 4.78 is 53.4. The van der Waals surface area contributed by atoms with Crippen LogP contribution in [0.2, 0.25) is 0 Å². The molecular weight excluding hydrogens is 392 g/mol. The lowest BCUT2D eigenvalue weighted by Crippen LogP contribution is -2.29. The maximum atomic E-state index is 13.5. The minimum atomic E-state index is -4.79. The number of alkyl halides is 3. The Kier molecular flexibility index (Phi) is 5.27. The SMILES string of the molecule is C[C@H](NC(=O)c1cc(F)cc(C(F)(F)F)c1)c1ncnn1-c1ccc(C#N)cn1. The zero-order valence-electron chi connectivity index (χ0n) is 14.8. The summed E-state index contributed by atoms with van der Waals surface area (Å²) >= 11 is 0. The van der Waals surface area contributed by atoms with Crippen LogP contribution in [0.4, 0.5) is 17.6 Å². The molecule has 1 N–H and O–H groups in total. The minimum absolute atomic E-state index is 0.239. The van der Waals surface area contributed by atoms with E-state index in [2.05, 4.69) is 20.4 Å². The second kappa shape index (κ2) is 7.67. The van der Waals surface area contributed by atoms with E-state index in [9.17, 15) is 22.4 Å². The van der Waals surface area contributed by atoms with Crippen LogP contribution in [-0.4, -0.2) is 25.7 Å². The Morgan fingerprint density at radius 3 is 2.62 bits per heavy atom. The summed E-state index contributed by atoms with van der Waals surface area (Å²) in [7, 11) is 0. The monoisotopic (exact) mass is 404 g/mol. The molecule has 0 aliphatic rings. The van der Waals surface area contributed by atoms with Crippen LogP contribution in [0.15, 0.2) is 42.9 Å². The molecule has 29 heavy (non-hydrogen) atoms. The van der Waals surface area contributed by atoms with E-state index < -0.39 is 35.1 Å². The van der Waals surface area contributed by atoms with Crippen LogP contribution in [0.3, 0.4) is 0 Å². The van der Waals surface area contributed by atoms with Crippen molar-refractivity contribution in [3.8, 4) is 11.9 Å². The van der Waals surface area contributed by atoms with Crippen molar-refractivity contribution >= 4 is 5.91 Å². The fraction of sp³-hybridized carbons (Fsp3) is 0.167. The second-order valence-electron chi connectivity index (χ2n) is 5.97. The van der Waals surface area contributed by atoms with Crippen LogP contribution < -0.4 is 5.32 Å². The van der Waals surface area contributed by atoms with Gasteiger partial charge in [-0.3, -0.25) is 4.79 Å². The molecule has 1 aromatic carbocycles. The van der Waals surface area contributed by atoms with Gasteiger partial charge in [0.25, 0.3) is 5.91 Å². The van der Waals surface area contributed by atoms with E-state index in [4.69, 9.17) is 5.26 Å². The summed E-state index contributed by atoms with van der Waals surface area (Å²) in [5.74, 6) is -1.53. The fourth-order valence-electron chi connectivity index (χ4n) is 2.53. The van der Waals surface area contributed by atoms with Gasteiger partial charge in [-0.1, -0.05) is 0 Å². The highest BCUT2D eigenvalue weighted by atomic mass is 19.4. The smallest absolute Gasteiger partial charge is 0.342 e. The molecule has 0 radical (unpaired) electrons. The first-order chi connectivity index (χ1) is 13.7. The first kappa shape index (κ1) is 19.9. The average Bonchev–Trinajstić information content (AvgIpc) is 3.17. The van der Waals surface area contributed by atoms with Gasteiger partial charge in [-0.25, -0.2) is 14.4 Å². The standard InChI is InChI=1S/C18H12F4N6O/c1-10(16-25-9-26-28(16)15-3-2-11(7-23)8-24-15)27-17(29)12-4-13(18(20,21)22)6-14(19)5-12/h2-6,8-10H,1H3,(H,27,29)/t10-/m0/s1. The third-order valence-electron chi connectivity index (χ3n) is 3.89. The number of amides is 1. The molecule has 0 aliphatic carbocycles. The number of nitrogens with one attached hydrogen (secondary N) is 1. The van der Waals surface area contributed by atoms with E-state index in [-0.39, 0.29) is 5.82 Å². The van der Waals surface area contributed by atoms with Crippen molar-refractivity contribution < 1.29 is 22.4 Å². The largest absolute Gasteiger partial charge is 0.416 e. The number of hydrogen-bond donors (Lipinski definition) is 1. The number of aromatic nitrogens is 4. The van der Waals surface area contributed by atoms with Crippen molar-refractivity contribution in [2.75, 3.05) is 0 Å². The number of carbonyl (C=O) groups is 1. The van der Waals surface area contributed by atoms with Gasteiger partial charge in [-0.05, 0) is 37.3 Å². The zero-order valence-corrected chi connectivity index (χ0v) is 14.8. The molecule has 0 saturated carbocycles. The normalized spacial score (nSPS) is 12.3. The van der Waals surface area contributed by atoms with Gasteiger partial charge in [-0.15, -0.1) is 0 Å². The van der Waals surface area contributed by atoms with Gasteiger partial charge in [0.15, 0.2) is 11.6 Å². The van der Waals surface area contributed by atoms with Gasteiger partial charge in [0.2, 0.25) is 0 Å². The Hall–Kier alpha value is -3.81. The molecule has 0 unspecified atom stereocenters. The van der Waals surface area contributed by atoms with Gasteiger partial charge in [0.1, 0.15) is 18.2 Å². The summed E-state index contributed by atoms with van der Waals surface area (Å²) in [6.07, 6.45) is -2.25. The van der Waals surface area contributed by atoms with E-state index in [1.54, 1.807) is 0 Å². The van der Waals surface area contributed by atoms with Crippen molar-refractivity contribution in [2.24, 2.45) is 0 Å². The first-order valence-corrected chi connectivity index (χ1v) is 8.14. The van der Waals surface area contributed by atoms with Crippen LogP contribution in [0.1, 0.15) is 40.3 Å². The van der Waals surface area contributed by atoms with E-state index >= 15 is 0 Å². The first-order valence-electron chi connectivity index (χ1n) is 8.14. The summed E-state index contributed by atoms with van der Waals surface area (Å²) in [6, 6.07) is 5.76. The van der Waals surface area contributed by atoms with Crippen molar-refractivity contribution in [1.29, 1.82) is 5.26 Å². The average molecular weight is 404 g/mol. The van der Waals surface area contributed by atoms with E-state index in [1.165, 1.54) is 36.3 Å². The highest BCUT2D eigenvalue weighted by Gasteiger charge is 2.32. The molecule has 1 atom stereocenters. The number of benzene rings is 1. The third kappa shape index (κ3) is 4.37. The Bertz CT molecular complexity index is 1080. The maximum absolute atomic E-state index is 13.5. The Morgan fingerprint density at radius 1 is 1.24 bits per heavy atom. The number of nitrogens with zero attached hydrogens (tertiary/aromatic N) is 5. The summed E-state index contributed by atoms with van der Waals surface area (Å²) in [4.78, 5) is 20.5. The maximum Gasteiger partial charge on any atom is 0.416 e. The van der Waals surface area contributed by atoms with Gasteiger partial charge in [-0.2, -0.15) is 28.2 Å². The molecule has 3 rings (SSSR count). The topological polar surface area (TPSA) is 96.5 Å². The Labute approximate surface area is 161 Å². The number of nitriles is 1. The lowest BCUT2D eigenvalue weighted by atomic mass is 10.1. The summed E-state index contributed by atoms with van der Waals surface area (Å²) in [5, 5.41) is 15.3. The number of rotatable bonds is 4. The van der Waals surface area contributed by atoms with E-state index in [1.807, 2.05) is 6.07 Å². The number of pyridine rings is 1. The molecule has 1 amide bonds. The van der Waals surface area contributed by atoms with Crippen molar-refractivity contribution in [2.45, 2.75) is 19.1 Å². The number of hydrogen-bond acceptors (Lipinski definition) is 5. The van der Waals surface area contributed by atoms with Crippen LogP contribution >= 0.6 is 0 Å². The van der Waals surface area contributed by atoms with Crippen molar-refractivity contribution in [3.05, 3.63) is 71.2 Å². The highest BCUT2D eigenvalue weighted by molar-refractivity contribution is 5.94. The van der Waals surface area contributed by atoms with Gasteiger partial charge in [0.05, 0.1) is 17.2 Å². The highest BCUT2D eigenvalue weighted by Crippen LogP contribution is 2.30. The molecule has 3 aromatic rings. The Morgan fingerprint density at radius 2 is 2.00 bits per heavy atom. The lowest BCUT2D eigenvalue weighted by Gasteiger charge is -2.15. The molecular formula is C18H12F4N6O. The van der Waals surface area contributed by atoms with Crippen LogP contribution in [0, 0.1) is 17.1 Å². The van der Waals surface area contributed by atoms with Crippen LogP contribution in [0.5, 0.6) is 0 Å². The second-order valence-corrected chi connectivity index (χ2v) is 5.97. The molecule has 0 fully saturated rings. The number of halogens is 4. The molecule has 2 heterocycles. The quantitative estimate of drug-likeness (QED) is 0.674. The molecule has 148 valence electrons. The predicted molar refractivity (Wildman–Crippen MR) is 91.2 cm³/mol. The van der Waals surface area contributed by atoms with Crippen LogP contribution in [0.25, 0.3) is 5.82 Å². The minimum Gasteiger partial charge on any atom is -0.342 e. The van der Waals surface area contributed by atoms with Gasteiger partial charge < -0.3 is 5.32 Å². The van der Waals surface area contributed by atoms with E-state index in [0.717, 1.165) is 0 Å². The van der Waals surface area contributed by atoms with Crippen LogP contribution in [-0.2, 0) is 6.18 Å². The fourth-order valence-corrected chi connectivity index (χ4v) is 2.53. The predicted octanol–water partition coefficient (Wildman–Crippen LogP) is 3.18. The van der Waals surface area contributed by atoms with E-state index in [0.29, 0.717) is 29.6 Å². The van der Waals surface area contributed by atoms with Gasteiger partial charge >= 0.3 is 6.18 Å². The molecule has 11 heteroatoms.